The van der Waals surface area contributed by atoms with E-state index in [-0.39, 0.29) is 5.91 Å². The number of carbonyl (C=O) groups is 1. The molecule has 1 aliphatic rings. The zero-order chi connectivity index (χ0) is 14.2. The van der Waals surface area contributed by atoms with E-state index in [1.54, 1.807) is 0 Å². The fourth-order valence-corrected chi connectivity index (χ4v) is 2.83. The molecule has 2 aromatic rings. The Morgan fingerprint density at radius 2 is 2.20 bits per heavy atom. The van der Waals surface area contributed by atoms with Crippen molar-refractivity contribution in [3.63, 3.8) is 0 Å². The molecule has 0 atom stereocenters. The Morgan fingerprint density at radius 3 is 2.90 bits per heavy atom. The average molecular weight is 273 g/mol. The van der Waals surface area contributed by atoms with Crippen LogP contribution in [0.1, 0.15) is 37.1 Å². The van der Waals surface area contributed by atoms with Crippen LogP contribution in [0.15, 0.2) is 18.2 Å². The second-order valence-corrected chi connectivity index (χ2v) is 5.58. The Hall–Kier alpha value is -1.88. The molecule has 0 unspecified atom stereocenters. The number of H-pyrrole nitrogens is 1. The van der Waals surface area contributed by atoms with Gasteiger partial charge in [0.1, 0.15) is 11.4 Å². The van der Waals surface area contributed by atoms with Crippen molar-refractivity contribution in [3.05, 3.63) is 29.6 Å². The summed E-state index contributed by atoms with van der Waals surface area (Å²) in [5.41, 5.74) is 1.82. The lowest BCUT2D eigenvalue weighted by Gasteiger charge is -2.20. The molecule has 0 bridgehead atoms. The second-order valence-electron chi connectivity index (χ2n) is 5.58. The van der Waals surface area contributed by atoms with Crippen LogP contribution < -0.4 is 5.32 Å². The number of aromatic amines is 1. The number of aliphatic hydroxyl groups is 1. The lowest BCUT2D eigenvalue weighted by Crippen LogP contribution is -2.44. The van der Waals surface area contributed by atoms with Gasteiger partial charge in [-0.2, -0.15) is 0 Å². The Balaban J connectivity index is 1.71. The minimum absolute atomic E-state index is 0.285. The van der Waals surface area contributed by atoms with Gasteiger partial charge < -0.3 is 15.4 Å². The van der Waals surface area contributed by atoms with E-state index >= 15 is 0 Å². The minimum Gasteiger partial charge on any atom is -0.380 e. The summed E-state index contributed by atoms with van der Waals surface area (Å²) in [6.45, 7) is 2.32. The Bertz CT molecular complexity index is 642. The van der Waals surface area contributed by atoms with Crippen molar-refractivity contribution in [2.45, 2.75) is 44.8 Å². The Labute approximate surface area is 117 Å². The molecular formula is C15H19N3O2. The zero-order valence-electron chi connectivity index (χ0n) is 11.6. The zero-order valence-corrected chi connectivity index (χ0v) is 11.6. The molecule has 1 saturated carbocycles. The van der Waals surface area contributed by atoms with Crippen molar-refractivity contribution in [2.24, 2.45) is 0 Å². The molecule has 1 aromatic carbocycles. The fourth-order valence-electron chi connectivity index (χ4n) is 2.83. The first kappa shape index (κ1) is 13.1. The third-order valence-electron chi connectivity index (χ3n) is 4.03. The van der Waals surface area contributed by atoms with E-state index in [2.05, 4.69) is 15.3 Å². The number of nitrogens with zero attached hydrogens (tertiary/aromatic N) is 1. The predicted octanol–water partition coefficient (Wildman–Crippen LogP) is 1.79. The number of imidazole rings is 1. The van der Waals surface area contributed by atoms with E-state index in [9.17, 15) is 9.90 Å². The molecule has 0 saturated heterocycles. The van der Waals surface area contributed by atoms with Gasteiger partial charge in [-0.25, -0.2) is 4.98 Å². The lowest BCUT2D eigenvalue weighted by molar-refractivity contribution is -0.139. The Kier molecular flexibility index (Phi) is 3.22. The number of benzene rings is 1. The number of para-hydroxylation sites is 1. The molecule has 20 heavy (non-hydrogen) atoms. The van der Waals surface area contributed by atoms with Gasteiger partial charge in [-0.3, -0.25) is 4.79 Å². The molecule has 1 fully saturated rings. The highest BCUT2D eigenvalue weighted by atomic mass is 16.3. The maximum atomic E-state index is 12.0. The molecule has 3 N–H and O–H groups in total. The number of aromatic nitrogens is 2. The highest BCUT2D eigenvalue weighted by Crippen LogP contribution is 2.29. The van der Waals surface area contributed by atoms with Crippen LogP contribution in [0.25, 0.3) is 11.0 Å². The fraction of sp³-hybridized carbons (Fsp3) is 0.467. The average Bonchev–Trinajstić information content (AvgIpc) is 3.04. The van der Waals surface area contributed by atoms with E-state index in [1.165, 1.54) is 0 Å². The number of amides is 1. The van der Waals surface area contributed by atoms with Crippen molar-refractivity contribution in [1.82, 2.24) is 15.3 Å². The standard InChI is InChI=1S/C15H19N3O2/c1-10-5-4-6-11-13(10)18-12(17-11)9-16-14(19)15(20)7-2-3-8-15/h4-6,20H,2-3,7-9H2,1H3,(H,16,19)(H,17,18). The summed E-state index contributed by atoms with van der Waals surface area (Å²) in [4.78, 5) is 19.7. The molecule has 106 valence electrons. The van der Waals surface area contributed by atoms with E-state index in [0.29, 0.717) is 25.2 Å². The van der Waals surface area contributed by atoms with Crippen molar-refractivity contribution in [2.75, 3.05) is 0 Å². The smallest absolute Gasteiger partial charge is 0.252 e. The van der Waals surface area contributed by atoms with Crippen LogP contribution in [0.4, 0.5) is 0 Å². The molecular weight excluding hydrogens is 254 g/mol. The summed E-state index contributed by atoms with van der Waals surface area (Å²) >= 11 is 0. The molecule has 5 nitrogen and oxygen atoms in total. The topological polar surface area (TPSA) is 78.0 Å². The van der Waals surface area contributed by atoms with Crippen LogP contribution in [0.2, 0.25) is 0 Å². The number of rotatable bonds is 3. The first-order chi connectivity index (χ1) is 9.58. The molecule has 1 aliphatic carbocycles. The van der Waals surface area contributed by atoms with Gasteiger partial charge in [-0.05, 0) is 44.2 Å². The van der Waals surface area contributed by atoms with Gasteiger partial charge in [0.05, 0.1) is 17.6 Å². The third kappa shape index (κ3) is 2.29. The van der Waals surface area contributed by atoms with Crippen molar-refractivity contribution in [3.8, 4) is 0 Å². The number of hydrogen-bond acceptors (Lipinski definition) is 3. The summed E-state index contributed by atoms with van der Waals surface area (Å²) < 4.78 is 0. The molecule has 1 amide bonds. The monoisotopic (exact) mass is 273 g/mol. The third-order valence-corrected chi connectivity index (χ3v) is 4.03. The highest BCUT2D eigenvalue weighted by Gasteiger charge is 2.38. The van der Waals surface area contributed by atoms with E-state index in [4.69, 9.17) is 0 Å². The van der Waals surface area contributed by atoms with E-state index < -0.39 is 5.60 Å². The van der Waals surface area contributed by atoms with Crippen molar-refractivity contribution in [1.29, 1.82) is 0 Å². The number of aryl methyl sites for hydroxylation is 1. The van der Waals surface area contributed by atoms with Gasteiger partial charge in [0, 0.05) is 0 Å². The van der Waals surface area contributed by atoms with Crippen LogP contribution >= 0.6 is 0 Å². The van der Waals surface area contributed by atoms with Gasteiger partial charge in [0.15, 0.2) is 0 Å². The van der Waals surface area contributed by atoms with Gasteiger partial charge in [-0.1, -0.05) is 12.1 Å². The van der Waals surface area contributed by atoms with E-state index in [0.717, 1.165) is 29.4 Å². The number of nitrogens with one attached hydrogen (secondary N) is 2. The highest BCUT2D eigenvalue weighted by molar-refractivity contribution is 5.85. The summed E-state index contributed by atoms with van der Waals surface area (Å²) in [5, 5.41) is 13.0. The van der Waals surface area contributed by atoms with Gasteiger partial charge in [0.2, 0.25) is 0 Å². The molecule has 5 heteroatoms. The van der Waals surface area contributed by atoms with Gasteiger partial charge in [-0.15, -0.1) is 0 Å². The van der Waals surface area contributed by atoms with Crippen LogP contribution in [0.5, 0.6) is 0 Å². The van der Waals surface area contributed by atoms with Crippen molar-refractivity contribution >= 4 is 16.9 Å². The molecule has 0 spiro atoms. The summed E-state index contributed by atoms with van der Waals surface area (Å²) in [6.07, 6.45) is 2.93. The maximum Gasteiger partial charge on any atom is 0.252 e. The first-order valence-corrected chi connectivity index (χ1v) is 7.03. The SMILES string of the molecule is Cc1cccc2[nH]c(CNC(=O)C3(O)CCCC3)nc12. The molecule has 0 radical (unpaired) electrons. The lowest BCUT2D eigenvalue weighted by atomic mass is 10.0. The largest absolute Gasteiger partial charge is 0.380 e. The van der Waals surface area contributed by atoms with Crippen molar-refractivity contribution < 1.29 is 9.90 Å². The normalized spacial score (nSPS) is 17.5. The summed E-state index contributed by atoms with van der Waals surface area (Å²) in [7, 11) is 0. The second kappa shape index (κ2) is 4.90. The molecule has 3 rings (SSSR count). The summed E-state index contributed by atoms with van der Waals surface area (Å²) in [6, 6.07) is 5.94. The number of carbonyl (C=O) groups excluding carboxylic acids is 1. The molecule has 1 heterocycles. The van der Waals surface area contributed by atoms with Gasteiger partial charge >= 0.3 is 0 Å². The number of fused-ring (bicyclic) bond motifs is 1. The van der Waals surface area contributed by atoms with Crippen LogP contribution in [-0.4, -0.2) is 26.6 Å². The summed E-state index contributed by atoms with van der Waals surface area (Å²) in [5.74, 6) is 0.427. The molecule has 1 aromatic heterocycles. The van der Waals surface area contributed by atoms with E-state index in [1.807, 2.05) is 25.1 Å². The van der Waals surface area contributed by atoms with Gasteiger partial charge in [0.25, 0.3) is 5.91 Å². The quantitative estimate of drug-likeness (QED) is 0.798. The van der Waals surface area contributed by atoms with Crippen LogP contribution in [0, 0.1) is 6.92 Å². The van der Waals surface area contributed by atoms with Crippen LogP contribution in [0.3, 0.4) is 0 Å². The minimum atomic E-state index is -1.18. The number of hydrogen-bond donors (Lipinski definition) is 3. The van der Waals surface area contributed by atoms with Crippen LogP contribution in [-0.2, 0) is 11.3 Å². The molecule has 0 aliphatic heterocycles. The predicted molar refractivity (Wildman–Crippen MR) is 76.1 cm³/mol. The first-order valence-electron chi connectivity index (χ1n) is 7.03. The Morgan fingerprint density at radius 1 is 1.45 bits per heavy atom. The maximum absolute atomic E-state index is 12.0.